The summed E-state index contributed by atoms with van der Waals surface area (Å²) in [4.78, 5) is 23.7. The molecule has 0 saturated carbocycles. The largest absolute Gasteiger partial charge is 0.495 e. The maximum atomic E-state index is 11.9. The van der Waals surface area contributed by atoms with E-state index in [1.807, 2.05) is 0 Å². The molecule has 1 N–H and O–H groups in total. The van der Waals surface area contributed by atoms with Gasteiger partial charge in [0.25, 0.3) is 0 Å². The average molecular weight is 360 g/mol. The zero-order valence-corrected chi connectivity index (χ0v) is 14.7. The number of esters is 1. The third kappa shape index (κ3) is 6.74. The van der Waals surface area contributed by atoms with Gasteiger partial charge in [0.05, 0.1) is 32.5 Å². The van der Waals surface area contributed by atoms with Crippen molar-refractivity contribution in [2.45, 2.75) is 12.5 Å². The summed E-state index contributed by atoms with van der Waals surface area (Å²) < 4.78 is 19.8. The molecule has 1 rings (SSSR count). The monoisotopic (exact) mass is 359 g/mol. The second kappa shape index (κ2) is 10.9. The minimum atomic E-state index is -0.835. The van der Waals surface area contributed by atoms with Crippen LogP contribution in [-0.4, -0.2) is 59.1 Å². The fraction of sp³-hybridized carbons (Fsp3) is 0.500. The Bertz CT molecular complexity index is 551. The number of rotatable bonds is 10. The standard InChI is InChI=1S/C16H22ClNO6/c1-21-6-7-24-10-15(19)18-13(16(20)23-3)9-11-4-5-14(22-2)12(17)8-11/h4-5,8,13H,6-7,9-10H2,1-3H3,(H,18,19)/t13-/m0/s1. The number of methoxy groups -OCH3 is 3. The third-order valence-electron chi connectivity index (χ3n) is 3.14. The van der Waals surface area contributed by atoms with Gasteiger partial charge in [-0.05, 0) is 17.7 Å². The lowest BCUT2D eigenvalue weighted by atomic mass is 10.1. The molecule has 0 aliphatic rings. The first-order valence-corrected chi connectivity index (χ1v) is 7.65. The lowest BCUT2D eigenvalue weighted by molar-refractivity contribution is -0.145. The van der Waals surface area contributed by atoms with Gasteiger partial charge in [0.1, 0.15) is 18.4 Å². The van der Waals surface area contributed by atoms with Gasteiger partial charge in [-0.1, -0.05) is 17.7 Å². The summed E-state index contributed by atoms with van der Waals surface area (Å²) in [6, 6.07) is 4.30. The Labute approximate surface area is 146 Å². The van der Waals surface area contributed by atoms with Crippen LogP contribution in [0.5, 0.6) is 5.75 Å². The summed E-state index contributed by atoms with van der Waals surface area (Å²) in [5, 5.41) is 3.01. The SMILES string of the molecule is COCCOCC(=O)N[C@@H](Cc1ccc(OC)c(Cl)c1)C(=O)OC. The van der Waals surface area contributed by atoms with E-state index >= 15 is 0 Å². The molecule has 0 unspecified atom stereocenters. The second-order valence-electron chi connectivity index (χ2n) is 4.86. The molecule has 7 nitrogen and oxygen atoms in total. The van der Waals surface area contributed by atoms with E-state index in [0.717, 1.165) is 5.56 Å². The minimum Gasteiger partial charge on any atom is -0.495 e. The second-order valence-corrected chi connectivity index (χ2v) is 5.27. The molecule has 0 bridgehead atoms. The fourth-order valence-corrected chi connectivity index (χ4v) is 2.23. The smallest absolute Gasteiger partial charge is 0.328 e. The van der Waals surface area contributed by atoms with Crippen molar-refractivity contribution in [3.8, 4) is 5.75 Å². The molecule has 0 aliphatic carbocycles. The van der Waals surface area contributed by atoms with Crippen LogP contribution in [0.3, 0.4) is 0 Å². The third-order valence-corrected chi connectivity index (χ3v) is 3.44. The van der Waals surface area contributed by atoms with E-state index in [1.54, 1.807) is 18.2 Å². The van der Waals surface area contributed by atoms with Gasteiger partial charge in [-0.15, -0.1) is 0 Å². The molecular formula is C16H22ClNO6. The Kier molecular flexibility index (Phi) is 9.14. The van der Waals surface area contributed by atoms with Crippen LogP contribution in [0.1, 0.15) is 5.56 Å². The van der Waals surface area contributed by atoms with E-state index in [0.29, 0.717) is 24.0 Å². The predicted octanol–water partition coefficient (Wildman–Crippen LogP) is 1.21. The Morgan fingerprint density at radius 2 is 1.96 bits per heavy atom. The lowest BCUT2D eigenvalue weighted by Crippen LogP contribution is -2.44. The Balaban J connectivity index is 2.67. The van der Waals surface area contributed by atoms with E-state index < -0.39 is 17.9 Å². The molecule has 8 heteroatoms. The van der Waals surface area contributed by atoms with Gasteiger partial charge >= 0.3 is 5.97 Å². The average Bonchev–Trinajstić information content (AvgIpc) is 2.57. The maximum absolute atomic E-state index is 11.9. The molecule has 0 radical (unpaired) electrons. The van der Waals surface area contributed by atoms with Crippen molar-refractivity contribution < 1.29 is 28.5 Å². The number of hydrogen-bond acceptors (Lipinski definition) is 6. The molecule has 0 aliphatic heterocycles. The highest BCUT2D eigenvalue weighted by Crippen LogP contribution is 2.25. The number of halogens is 1. The van der Waals surface area contributed by atoms with Crippen molar-refractivity contribution >= 4 is 23.5 Å². The summed E-state index contributed by atoms with van der Waals surface area (Å²) >= 11 is 6.07. The summed E-state index contributed by atoms with van der Waals surface area (Å²) in [7, 11) is 4.32. The number of carbonyl (C=O) groups excluding carboxylic acids is 2. The molecule has 0 fully saturated rings. The van der Waals surface area contributed by atoms with Crippen LogP contribution >= 0.6 is 11.6 Å². The number of amides is 1. The first-order valence-electron chi connectivity index (χ1n) is 7.28. The first kappa shape index (κ1) is 20.2. The van der Waals surface area contributed by atoms with Gasteiger partial charge < -0.3 is 24.3 Å². The molecule has 0 saturated heterocycles. The molecule has 1 amide bonds. The maximum Gasteiger partial charge on any atom is 0.328 e. The minimum absolute atomic E-state index is 0.166. The molecule has 1 atom stereocenters. The highest BCUT2D eigenvalue weighted by atomic mass is 35.5. The van der Waals surface area contributed by atoms with Crippen molar-refractivity contribution in [2.75, 3.05) is 41.2 Å². The molecule has 134 valence electrons. The number of benzene rings is 1. The molecule has 1 aromatic rings. The normalized spacial score (nSPS) is 11.7. The van der Waals surface area contributed by atoms with Gasteiger partial charge in [0, 0.05) is 13.5 Å². The molecule has 24 heavy (non-hydrogen) atoms. The number of hydrogen-bond donors (Lipinski definition) is 1. The van der Waals surface area contributed by atoms with Crippen LogP contribution in [-0.2, 0) is 30.2 Å². The molecule has 0 heterocycles. The molecule has 1 aromatic carbocycles. The summed E-state index contributed by atoms with van der Waals surface area (Å²) in [6.07, 6.45) is 0.236. The van der Waals surface area contributed by atoms with E-state index in [1.165, 1.54) is 21.3 Å². The molecular weight excluding hydrogens is 338 g/mol. The summed E-state index contributed by atoms with van der Waals surface area (Å²) in [5.74, 6) is -0.432. The van der Waals surface area contributed by atoms with Gasteiger partial charge in [0.2, 0.25) is 5.91 Å². The Morgan fingerprint density at radius 3 is 2.54 bits per heavy atom. The van der Waals surface area contributed by atoms with E-state index in [2.05, 4.69) is 5.32 Å². The lowest BCUT2D eigenvalue weighted by Gasteiger charge is -2.17. The topological polar surface area (TPSA) is 83.1 Å². The zero-order chi connectivity index (χ0) is 17.9. The molecule has 0 aromatic heterocycles. The highest BCUT2D eigenvalue weighted by molar-refractivity contribution is 6.32. The van der Waals surface area contributed by atoms with Gasteiger partial charge in [0.15, 0.2) is 0 Å². The van der Waals surface area contributed by atoms with Crippen molar-refractivity contribution in [1.82, 2.24) is 5.32 Å². The quantitative estimate of drug-likeness (QED) is 0.499. The van der Waals surface area contributed by atoms with E-state index in [-0.39, 0.29) is 13.0 Å². The number of carbonyl (C=O) groups is 2. The summed E-state index contributed by atoms with van der Waals surface area (Å²) in [5.41, 5.74) is 0.761. The van der Waals surface area contributed by atoms with Gasteiger partial charge in [-0.25, -0.2) is 4.79 Å². The van der Waals surface area contributed by atoms with Crippen LogP contribution in [0, 0.1) is 0 Å². The number of ether oxygens (including phenoxy) is 4. The summed E-state index contributed by atoms with van der Waals surface area (Å²) in [6.45, 7) is 0.513. The van der Waals surface area contributed by atoms with Gasteiger partial charge in [-0.3, -0.25) is 4.79 Å². The van der Waals surface area contributed by atoms with Crippen LogP contribution in [0.15, 0.2) is 18.2 Å². The van der Waals surface area contributed by atoms with Gasteiger partial charge in [-0.2, -0.15) is 0 Å². The van der Waals surface area contributed by atoms with E-state index in [9.17, 15) is 9.59 Å². The van der Waals surface area contributed by atoms with Crippen molar-refractivity contribution in [2.24, 2.45) is 0 Å². The zero-order valence-electron chi connectivity index (χ0n) is 14.0. The van der Waals surface area contributed by atoms with Crippen LogP contribution < -0.4 is 10.1 Å². The van der Waals surface area contributed by atoms with Crippen LogP contribution in [0.4, 0.5) is 0 Å². The highest BCUT2D eigenvalue weighted by Gasteiger charge is 2.22. The van der Waals surface area contributed by atoms with Crippen molar-refractivity contribution in [3.05, 3.63) is 28.8 Å². The number of nitrogens with one attached hydrogen (secondary N) is 1. The predicted molar refractivity (Wildman–Crippen MR) is 88.3 cm³/mol. The first-order chi connectivity index (χ1) is 11.5. The fourth-order valence-electron chi connectivity index (χ4n) is 1.95. The van der Waals surface area contributed by atoms with E-state index in [4.69, 9.17) is 30.5 Å². The van der Waals surface area contributed by atoms with Crippen LogP contribution in [0.2, 0.25) is 5.02 Å². The van der Waals surface area contributed by atoms with Crippen molar-refractivity contribution in [3.63, 3.8) is 0 Å². The van der Waals surface area contributed by atoms with Crippen molar-refractivity contribution in [1.29, 1.82) is 0 Å². The Morgan fingerprint density at radius 1 is 1.21 bits per heavy atom. The molecule has 0 spiro atoms. The Hall–Kier alpha value is -1.83. The van der Waals surface area contributed by atoms with Crippen LogP contribution in [0.25, 0.3) is 0 Å².